The standard InChI is InChI=1S/C20H17NO4/c1-24-15-11-17(21-18(12-15)20(22)23)16-9-5-6-10-19(16)25-13-14-7-3-2-4-8-14/h2-12H,13H2,1H3,(H,22,23). The summed E-state index contributed by atoms with van der Waals surface area (Å²) in [5, 5.41) is 9.25. The number of para-hydroxylation sites is 1. The van der Waals surface area contributed by atoms with E-state index in [2.05, 4.69) is 4.98 Å². The second-order valence-electron chi connectivity index (χ2n) is 5.35. The molecule has 1 N–H and O–H groups in total. The molecule has 0 saturated heterocycles. The van der Waals surface area contributed by atoms with E-state index in [1.54, 1.807) is 6.07 Å². The summed E-state index contributed by atoms with van der Waals surface area (Å²) in [4.78, 5) is 15.5. The predicted molar refractivity (Wildman–Crippen MR) is 94.0 cm³/mol. The average Bonchev–Trinajstić information content (AvgIpc) is 2.67. The smallest absolute Gasteiger partial charge is 0.354 e. The van der Waals surface area contributed by atoms with Crippen LogP contribution in [0.3, 0.4) is 0 Å². The first kappa shape index (κ1) is 16.5. The highest BCUT2D eigenvalue weighted by atomic mass is 16.5. The number of carboxylic acids is 1. The number of carboxylic acid groups (broad SMARTS) is 1. The van der Waals surface area contributed by atoms with Gasteiger partial charge >= 0.3 is 5.97 Å². The quantitative estimate of drug-likeness (QED) is 0.736. The fourth-order valence-corrected chi connectivity index (χ4v) is 2.41. The third-order valence-electron chi connectivity index (χ3n) is 3.65. The van der Waals surface area contributed by atoms with Crippen molar-refractivity contribution in [2.45, 2.75) is 6.61 Å². The van der Waals surface area contributed by atoms with E-state index in [-0.39, 0.29) is 5.69 Å². The van der Waals surface area contributed by atoms with E-state index in [0.717, 1.165) is 5.56 Å². The molecule has 25 heavy (non-hydrogen) atoms. The molecule has 2 aromatic carbocycles. The molecule has 126 valence electrons. The number of benzene rings is 2. The number of pyridine rings is 1. The van der Waals surface area contributed by atoms with Crippen molar-refractivity contribution in [1.82, 2.24) is 4.98 Å². The number of ether oxygens (including phenoxy) is 2. The third kappa shape index (κ3) is 3.95. The van der Waals surface area contributed by atoms with Gasteiger partial charge in [-0.15, -0.1) is 0 Å². The first-order valence-electron chi connectivity index (χ1n) is 7.73. The normalized spacial score (nSPS) is 10.3. The van der Waals surface area contributed by atoms with E-state index in [0.29, 0.717) is 29.4 Å². The Labute approximate surface area is 145 Å². The summed E-state index contributed by atoms with van der Waals surface area (Å²) in [5.41, 5.74) is 2.16. The van der Waals surface area contributed by atoms with Crippen molar-refractivity contribution >= 4 is 5.97 Å². The topological polar surface area (TPSA) is 68.7 Å². The highest BCUT2D eigenvalue weighted by Crippen LogP contribution is 2.31. The van der Waals surface area contributed by atoms with E-state index in [1.165, 1.54) is 13.2 Å². The van der Waals surface area contributed by atoms with Crippen LogP contribution in [0.2, 0.25) is 0 Å². The number of hydrogen-bond acceptors (Lipinski definition) is 4. The minimum absolute atomic E-state index is 0.0767. The van der Waals surface area contributed by atoms with E-state index < -0.39 is 5.97 Å². The molecule has 0 aliphatic carbocycles. The molecule has 0 spiro atoms. The SMILES string of the molecule is COc1cc(C(=O)O)nc(-c2ccccc2OCc2ccccc2)c1. The summed E-state index contributed by atoms with van der Waals surface area (Å²) in [6, 6.07) is 20.3. The van der Waals surface area contributed by atoms with Crippen LogP contribution in [0.1, 0.15) is 16.1 Å². The summed E-state index contributed by atoms with van der Waals surface area (Å²) in [7, 11) is 1.49. The molecule has 0 unspecified atom stereocenters. The van der Waals surface area contributed by atoms with Gasteiger partial charge in [0.25, 0.3) is 0 Å². The molecule has 0 radical (unpaired) electrons. The molecule has 1 aromatic heterocycles. The summed E-state index contributed by atoms with van der Waals surface area (Å²) >= 11 is 0. The van der Waals surface area contributed by atoms with Gasteiger partial charge in [0.1, 0.15) is 18.1 Å². The van der Waals surface area contributed by atoms with E-state index in [1.807, 2.05) is 54.6 Å². The summed E-state index contributed by atoms with van der Waals surface area (Å²) in [5.74, 6) is -0.0495. The average molecular weight is 335 g/mol. The molecule has 0 aliphatic heterocycles. The Hall–Kier alpha value is -3.34. The van der Waals surface area contributed by atoms with Gasteiger partial charge in [-0.25, -0.2) is 9.78 Å². The lowest BCUT2D eigenvalue weighted by molar-refractivity contribution is 0.0690. The van der Waals surface area contributed by atoms with Crippen LogP contribution in [0.5, 0.6) is 11.5 Å². The largest absolute Gasteiger partial charge is 0.497 e. The van der Waals surface area contributed by atoms with Gasteiger partial charge in [-0.1, -0.05) is 42.5 Å². The maximum absolute atomic E-state index is 11.3. The van der Waals surface area contributed by atoms with Crippen molar-refractivity contribution in [2.75, 3.05) is 7.11 Å². The van der Waals surface area contributed by atoms with E-state index >= 15 is 0 Å². The molecule has 0 bridgehead atoms. The van der Waals surface area contributed by atoms with Crippen molar-refractivity contribution in [3.63, 3.8) is 0 Å². The van der Waals surface area contributed by atoms with Crippen LogP contribution in [-0.4, -0.2) is 23.2 Å². The molecule has 3 aromatic rings. The zero-order chi connectivity index (χ0) is 17.6. The Morgan fingerprint density at radius 3 is 2.48 bits per heavy atom. The zero-order valence-corrected chi connectivity index (χ0v) is 13.7. The molecule has 0 aliphatic rings. The first-order valence-corrected chi connectivity index (χ1v) is 7.73. The second-order valence-corrected chi connectivity index (χ2v) is 5.35. The zero-order valence-electron chi connectivity index (χ0n) is 13.7. The Bertz CT molecular complexity index is 878. The fraction of sp³-hybridized carbons (Fsp3) is 0.100. The number of carbonyl (C=O) groups is 1. The van der Waals surface area contributed by atoms with Crippen LogP contribution >= 0.6 is 0 Å². The maximum Gasteiger partial charge on any atom is 0.354 e. The molecule has 5 heteroatoms. The number of hydrogen-bond donors (Lipinski definition) is 1. The van der Waals surface area contributed by atoms with Crippen LogP contribution in [-0.2, 0) is 6.61 Å². The van der Waals surface area contributed by atoms with Crippen molar-refractivity contribution in [3.8, 4) is 22.8 Å². The Balaban J connectivity index is 1.95. The Morgan fingerprint density at radius 2 is 1.76 bits per heavy atom. The predicted octanol–water partition coefficient (Wildman–Crippen LogP) is 4.03. The van der Waals surface area contributed by atoms with Gasteiger partial charge in [-0.2, -0.15) is 0 Å². The number of nitrogens with zero attached hydrogens (tertiary/aromatic N) is 1. The van der Waals surface area contributed by atoms with Crippen molar-refractivity contribution in [2.24, 2.45) is 0 Å². The molecular weight excluding hydrogens is 318 g/mol. The highest BCUT2D eigenvalue weighted by molar-refractivity contribution is 5.87. The minimum atomic E-state index is -1.11. The summed E-state index contributed by atoms with van der Waals surface area (Å²) in [6.45, 7) is 0.410. The second kappa shape index (κ2) is 7.49. The van der Waals surface area contributed by atoms with E-state index in [9.17, 15) is 9.90 Å². The highest BCUT2D eigenvalue weighted by Gasteiger charge is 2.14. The lowest BCUT2D eigenvalue weighted by Gasteiger charge is -2.12. The van der Waals surface area contributed by atoms with Gasteiger partial charge in [0.2, 0.25) is 0 Å². The van der Waals surface area contributed by atoms with Gasteiger partial charge in [0, 0.05) is 17.7 Å². The third-order valence-corrected chi connectivity index (χ3v) is 3.65. The van der Waals surface area contributed by atoms with Crippen LogP contribution in [0.25, 0.3) is 11.3 Å². The minimum Gasteiger partial charge on any atom is -0.497 e. The van der Waals surface area contributed by atoms with Crippen molar-refractivity contribution in [3.05, 3.63) is 78.0 Å². The monoisotopic (exact) mass is 335 g/mol. The fourth-order valence-electron chi connectivity index (χ4n) is 2.41. The lowest BCUT2D eigenvalue weighted by atomic mass is 10.1. The van der Waals surface area contributed by atoms with Crippen molar-refractivity contribution < 1.29 is 19.4 Å². The molecule has 1 heterocycles. The summed E-state index contributed by atoms with van der Waals surface area (Å²) in [6.07, 6.45) is 0. The molecule has 0 saturated carbocycles. The molecule has 0 fully saturated rings. The van der Waals surface area contributed by atoms with Gasteiger partial charge < -0.3 is 14.6 Å². The molecule has 0 atom stereocenters. The van der Waals surface area contributed by atoms with Crippen LogP contribution < -0.4 is 9.47 Å². The number of rotatable bonds is 6. The van der Waals surface area contributed by atoms with Gasteiger partial charge in [-0.3, -0.25) is 0 Å². The van der Waals surface area contributed by atoms with Crippen LogP contribution in [0, 0.1) is 0 Å². The van der Waals surface area contributed by atoms with Gasteiger partial charge in [0.15, 0.2) is 5.69 Å². The molecular formula is C20H17NO4. The van der Waals surface area contributed by atoms with Gasteiger partial charge in [-0.05, 0) is 17.7 Å². The van der Waals surface area contributed by atoms with Gasteiger partial charge in [0.05, 0.1) is 12.8 Å². The number of aromatic carboxylic acids is 1. The van der Waals surface area contributed by atoms with E-state index in [4.69, 9.17) is 9.47 Å². The molecule has 3 rings (SSSR count). The molecule has 0 amide bonds. The molecule has 5 nitrogen and oxygen atoms in total. The number of methoxy groups -OCH3 is 1. The van der Waals surface area contributed by atoms with Crippen LogP contribution in [0.15, 0.2) is 66.7 Å². The van der Waals surface area contributed by atoms with Crippen LogP contribution in [0.4, 0.5) is 0 Å². The Kier molecular flexibility index (Phi) is 4.95. The summed E-state index contributed by atoms with van der Waals surface area (Å²) < 4.78 is 11.1. The Morgan fingerprint density at radius 1 is 1.04 bits per heavy atom. The maximum atomic E-state index is 11.3. The first-order chi connectivity index (χ1) is 12.2. The lowest BCUT2D eigenvalue weighted by Crippen LogP contribution is -2.03. The number of aromatic nitrogens is 1. The van der Waals surface area contributed by atoms with Crippen molar-refractivity contribution in [1.29, 1.82) is 0 Å².